The number of carbonyl (C=O) groups excluding carboxylic acids is 1. The van der Waals surface area contributed by atoms with Gasteiger partial charge >= 0.3 is 0 Å². The largest absolute Gasteiger partial charge is 0.367 e. The summed E-state index contributed by atoms with van der Waals surface area (Å²) in [5.41, 5.74) is 1.15. The molecule has 0 spiro atoms. The number of hydrogen-bond acceptors (Lipinski definition) is 4. The first-order valence-electron chi connectivity index (χ1n) is 8.01. The molecule has 3 atom stereocenters. The van der Waals surface area contributed by atoms with Crippen LogP contribution in [0.15, 0.2) is 30.3 Å². The number of morpholine rings is 1. The molecule has 0 bridgehead atoms. The molecule has 5 heteroatoms. The minimum Gasteiger partial charge on any atom is -0.367 e. The van der Waals surface area contributed by atoms with E-state index >= 15 is 0 Å². The van der Waals surface area contributed by atoms with Crippen LogP contribution in [0, 0.1) is 0 Å². The smallest absolute Gasteiger partial charge is 0.224 e. The van der Waals surface area contributed by atoms with Crippen molar-refractivity contribution < 1.29 is 9.53 Å². The van der Waals surface area contributed by atoms with Gasteiger partial charge in [0, 0.05) is 37.1 Å². The van der Waals surface area contributed by atoms with E-state index in [1.165, 1.54) is 0 Å². The Kier molecular flexibility index (Phi) is 5.39. The Bertz CT molecular complexity index is 491. The van der Waals surface area contributed by atoms with Gasteiger partial charge in [-0.3, -0.25) is 4.79 Å². The van der Waals surface area contributed by atoms with E-state index < -0.39 is 0 Å². The van der Waals surface area contributed by atoms with Crippen molar-refractivity contribution >= 4 is 17.7 Å². The van der Waals surface area contributed by atoms with Crippen LogP contribution in [0.1, 0.15) is 25.0 Å². The van der Waals surface area contributed by atoms with Gasteiger partial charge in [0.15, 0.2) is 0 Å². The zero-order chi connectivity index (χ0) is 15.4. The quantitative estimate of drug-likeness (QED) is 0.926. The van der Waals surface area contributed by atoms with Crippen LogP contribution < -0.4 is 5.32 Å². The van der Waals surface area contributed by atoms with E-state index in [4.69, 9.17) is 4.74 Å². The number of rotatable bonds is 3. The van der Waals surface area contributed by atoms with Gasteiger partial charge in [-0.2, -0.15) is 11.8 Å². The Morgan fingerprint density at radius 1 is 1.36 bits per heavy atom. The van der Waals surface area contributed by atoms with Crippen LogP contribution in [0.4, 0.5) is 0 Å². The predicted molar refractivity (Wildman–Crippen MR) is 90.0 cm³/mol. The Morgan fingerprint density at radius 2 is 2.18 bits per heavy atom. The summed E-state index contributed by atoms with van der Waals surface area (Å²) in [4.78, 5) is 14.6. The van der Waals surface area contributed by atoms with E-state index in [9.17, 15) is 4.79 Å². The van der Waals surface area contributed by atoms with Crippen LogP contribution in [0.2, 0.25) is 0 Å². The van der Waals surface area contributed by atoms with Crippen molar-refractivity contribution in [1.82, 2.24) is 10.2 Å². The summed E-state index contributed by atoms with van der Waals surface area (Å²) in [6, 6.07) is 10.5. The highest BCUT2D eigenvalue weighted by atomic mass is 32.2. The van der Waals surface area contributed by atoms with Crippen molar-refractivity contribution in [2.75, 3.05) is 31.1 Å². The zero-order valence-corrected chi connectivity index (χ0v) is 13.8. The van der Waals surface area contributed by atoms with E-state index in [1.807, 2.05) is 41.8 Å². The van der Waals surface area contributed by atoms with E-state index in [1.54, 1.807) is 0 Å². The fourth-order valence-electron chi connectivity index (χ4n) is 3.10. The first-order valence-corrected chi connectivity index (χ1v) is 9.17. The van der Waals surface area contributed by atoms with Gasteiger partial charge in [-0.1, -0.05) is 30.3 Å². The van der Waals surface area contributed by atoms with E-state index in [2.05, 4.69) is 17.4 Å². The Balaban J connectivity index is 1.61. The molecule has 2 heterocycles. The number of benzene rings is 1. The number of carbonyl (C=O) groups is 1. The first-order chi connectivity index (χ1) is 10.7. The maximum absolute atomic E-state index is 12.6. The van der Waals surface area contributed by atoms with Gasteiger partial charge in [-0.05, 0) is 12.5 Å². The van der Waals surface area contributed by atoms with Crippen LogP contribution in [0.25, 0.3) is 0 Å². The molecule has 0 aromatic heterocycles. The van der Waals surface area contributed by atoms with Crippen molar-refractivity contribution in [2.24, 2.45) is 0 Å². The molecule has 120 valence electrons. The van der Waals surface area contributed by atoms with Crippen molar-refractivity contribution in [2.45, 2.75) is 31.6 Å². The lowest BCUT2D eigenvalue weighted by molar-refractivity contribution is -0.145. The van der Waals surface area contributed by atoms with Crippen LogP contribution in [0.3, 0.4) is 0 Å². The maximum Gasteiger partial charge on any atom is 0.224 e. The molecule has 1 aromatic carbocycles. The van der Waals surface area contributed by atoms with Crippen molar-refractivity contribution in [3.8, 4) is 0 Å². The monoisotopic (exact) mass is 320 g/mol. The Morgan fingerprint density at radius 3 is 2.91 bits per heavy atom. The third-order valence-corrected chi connectivity index (χ3v) is 5.33. The van der Waals surface area contributed by atoms with Crippen LogP contribution in [-0.2, 0) is 9.53 Å². The average Bonchev–Trinajstić information content (AvgIpc) is 2.56. The molecule has 0 aliphatic carbocycles. The van der Waals surface area contributed by atoms with E-state index in [0.29, 0.717) is 25.6 Å². The van der Waals surface area contributed by atoms with Crippen LogP contribution in [-0.4, -0.2) is 54.1 Å². The van der Waals surface area contributed by atoms with Gasteiger partial charge in [0.25, 0.3) is 0 Å². The molecular formula is C17H24N2O2S. The zero-order valence-electron chi connectivity index (χ0n) is 13.0. The minimum atomic E-state index is -0.0115. The number of thioether (sulfide) groups is 1. The molecular weight excluding hydrogens is 296 g/mol. The van der Waals surface area contributed by atoms with Crippen molar-refractivity contribution in [3.63, 3.8) is 0 Å². The summed E-state index contributed by atoms with van der Waals surface area (Å²) in [6.07, 6.45) is 0.667. The molecule has 3 unspecified atom stereocenters. The topological polar surface area (TPSA) is 41.6 Å². The summed E-state index contributed by atoms with van der Waals surface area (Å²) in [5, 5.41) is 3.44. The van der Waals surface area contributed by atoms with Gasteiger partial charge in [0.05, 0.1) is 12.6 Å². The number of nitrogens with one attached hydrogen (secondary N) is 1. The normalized spacial score (nSPS) is 29.3. The molecule has 1 aromatic rings. The van der Waals surface area contributed by atoms with Gasteiger partial charge < -0.3 is 15.0 Å². The molecule has 2 aliphatic heterocycles. The van der Waals surface area contributed by atoms with Gasteiger partial charge in [-0.15, -0.1) is 0 Å². The second-order valence-electron chi connectivity index (χ2n) is 6.07. The second-order valence-corrected chi connectivity index (χ2v) is 7.22. The summed E-state index contributed by atoms with van der Waals surface area (Å²) in [6.45, 7) is 4.41. The molecule has 0 radical (unpaired) electrons. The standard InChI is InChI=1S/C17H24N2O2S/c1-13-10-19(17(20)9-15-12-22-8-7-18-15)11-16(21-13)14-5-3-2-4-6-14/h2-6,13,15-16,18H,7-12H2,1H3. The average molecular weight is 320 g/mol. The number of amides is 1. The molecule has 3 rings (SSSR count). The van der Waals surface area contributed by atoms with E-state index in [-0.39, 0.29) is 18.1 Å². The Labute approximate surface area is 136 Å². The number of ether oxygens (including phenoxy) is 1. The number of hydrogen-bond donors (Lipinski definition) is 1. The molecule has 1 amide bonds. The maximum atomic E-state index is 12.6. The SMILES string of the molecule is CC1CN(C(=O)CC2CSCCN2)CC(c2ccccc2)O1. The fourth-order valence-corrected chi connectivity index (χ4v) is 4.05. The van der Waals surface area contributed by atoms with Gasteiger partial charge in [-0.25, -0.2) is 0 Å². The van der Waals surface area contributed by atoms with E-state index in [0.717, 1.165) is 23.6 Å². The van der Waals surface area contributed by atoms with Crippen molar-refractivity contribution in [1.29, 1.82) is 0 Å². The molecule has 2 fully saturated rings. The fraction of sp³-hybridized carbons (Fsp3) is 0.588. The molecule has 1 N–H and O–H groups in total. The molecule has 22 heavy (non-hydrogen) atoms. The lowest BCUT2D eigenvalue weighted by Gasteiger charge is -2.38. The minimum absolute atomic E-state index is 0.0115. The molecule has 0 saturated carbocycles. The highest BCUT2D eigenvalue weighted by molar-refractivity contribution is 7.99. The highest BCUT2D eigenvalue weighted by Crippen LogP contribution is 2.25. The van der Waals surface area contributed by atoms with Gasteiger partial charge in [0.2, 0.25) is 5.91 Å². The van der Waals surface area contributed by atoms with Gasteiger partial charge in [0.1, 0.15) is 6.10 Å². The third-order valence-electron chi connectivity index (χ3n) is 4.20. The lowest BCUT2D eigenvalue weighted by Crippen LogP contribution is -2.48. The summed E-state index contributed by atoms with van der Waals surface area (Å²) in [5.74, 6) is 2.43. The first kappa shape index (κ1) is 15.8. The number of nitrogens with zero attached hydrogens (tertiary/aromatic N) is 1. The summed E-state index contributed by atoms with van der Waals surface area (Å²) < 4.78 is 6.03. The van der Waals surface area contributed by atoms with Crippen molar-refractivity contribution in [3.05, 3.63) is 35.9 Å². The summed E-state index contributed by atoms with van der Waals surface area (Å²) in [7, 11) is 0. The summed E-state index contributed by atoms with van der Waals surface area (Å²) >= 11 is 1.93. The molecule has 2 aliphatic rings. The van der Waals surface area contributed by atoms with Crippen LogP contribution >= 0.6 is 11.8 Å². The third kappa shape index (κ3) is 4.03. The Hall–Kier alpha value is -1.04. The lowest BCUT2D eigenvalue weighted by atomic mass is 10.1. The highest BCUT2D eigenvalue weighted by Gasteiger charge is 2.30. The molecule has 2 saturated heterocycles. The predicted octanol–water partition coefficient (Wildman–Crippen LogP) is 2.07. The second kappa shape index (κ2) is 7.49. The van der Waals surface area contributed by atoms with Crippen LogP contribution in [0.5, 0.6) is 0 Å². The molecule has 4 nitrogen and oxygen atoms in total.